The lowest BCUT2D eigenvalue weighted by molar-refractivity contribution is -0.124. The van der Waals surface area contributed by atoms with Crippen molar-refractivity contribution in [1.29, 1.82) is 0 Å². The van der Waals surface area contributed by atoms with Crippen LogP contribution in [0.25, 0.3) is 0 Å². The lowest BCUT2D eigenvalue weighted by Gasteiger charge is -2.32. The first-order valence-corrected chi connectivity index (χ1v) is 8.82. The van der Waals surface area contributed by atoms with Crippen LogP contribution in [0.2, 0.25) is 0 Å². The van der Waals surface area contributed by atoms with E-state index in [0.717, 1.165) is 57.2 Å². The molecular weight excluding hydrogens is 292 g/mol. The predicted octanol–water partition coefficient (Wildman–Crippen LogP) is 1.95. The second kappa shape index (κ2) is 6.29. The third kappa shape index (κ3) is 3.61. The highest BCUT2D eigenvalue weighted by Crippen LogP contribution is 2.36. The molecule has 1 N–H and O–H groups in total. The van der Waals surface area contributed by atoms with Crippen molar-refractivity contribution < 1.29 is 13.9 Å². The van der Waals surface area contributed by atoms with Crippen LogP contribution in [0.1, 0.15) is 30.8 Å². The molecule has 0 spiro atoms. The summed E-state index contributed by atoms with van der Waals surface area (Å²) >= 11 is 0. The minimum atomic E-state index is 0.210. The highest BCUT2D eigenvalue weighted by Gasteiger charge is 2.42. The van der Waals surface area contributed by atoms with Crippen LogP contribution in [-0.4, -0.2) is 43.2 Å². The van der Waals surface area contributed by atoms with Crippen molar-refractivity contribution in [3.05, 3.63) is 23.7 Å². The summed E-state index contributed by atoms with van der Waals surface area (Å²) in [5, 5.41) is 3.11. The molecule has 3 fully saturated rings. The zero-order chi connectivity index (χ0) is 15.8. The van der Waals surface area contributed by atoms with Crippen molar-refractivity contribution in [3.63, 3.8) is 0 Å². The van der Waals surface area contributed by atoms with Gasteiger partial charge in [0.05, 0.1) is 19.8 Å². The van der Waals surface area contributed by atoms with Crippen molar-refractivity contribution in [3.8, 4) is 0 Å². The minimum absolute atomic E-state index is 0.210. The maximum atomic E-state index is 12.1. The van der Waals surface area contributed by atoms with Crippen LogP contribution in [0.3, 0.4) is 0 Å². The Morgan fingerprint density at radius 1 is 1.30 bits per heavy atom. The number of carbonyl (C=O) groups excluding carboxylic acids is 1. The highest BCUT2D eigenvalue weighted by atomic mass is 16.5. The topological polar surface area (TPSA) is 54.7 Å². The van der Waals surface area contributed by atoms with E-state index < -0.39 is 0 Å². The van der Waals surface area contributed by atoms with Gasteiger partial charge >= 0.3 is 0 Å². The van der Waals surface area contributed by atoms with Crippen LogP contribution in [0, 0.1) is 24.7 Å². The van der Waals surface area contributed by atoms with Gasteiger partial charge in [0, 0.05) is 25.6 Å². The molecule has 23 heavy (non-hydrogen) atoms. The molecule has 3 atom stereocenters. The summed E-state index contributed by atoms with van der Waals surface area (Å²) in [5.41, 5.74) is 0. The van der Waals surface area contributed by atoms with Gasteiger partial charge in [0.15, 0.2) is 0 Å². The molecule has 2 aliphatic heterocycles. The summed E-state index contributed by atoms with van der Waals surface area (Å²) in [6, 6.07) is 4.53. The fraction of sp³-hybridized carbons (Fsp3) is 0.722. The zero-order valence-corrected chi connectivity index (χ0v) is 13.8. The summed E-state index contributed by atoms with van der Waals surface area (Å²) in [4.78, 5) is 14.6. The summed E-state index contributed by atoms with van der Waals surface area (Å²) in [5.74, 6) is 3.70. The smallest absolute Gasteiger partial charge is 0.220 e. The number of fused-ring (bicyclic) bond motifs is 1. The molecule has 1 aromatic rings. The number of aryl methyl sites for hydroxylation is 1. The normalized spacial score (nSPS) is 31.1. The van der Waals surface area contributed by atoms with Gasteiger partial charge in [-0.05, 0) is 49.7 Å². The van der Waals surface area contributed by atoms with Crippen LogP contribution in [-0.2, 0) is 16.1 Å². The fourth-order valence-corrected chi connectivity index (χ4v) is 4.08. The number of nitrogens with zero attached hydrogens (tertiary/aromatic N) is 1. The monoisotopic (exact) mass is 318 g/mol. The van der Waals surface area contributed by atoms with Gasteiger partial charge in [0.25, 0.3) is 0 Å². The lowest BCUT2D eigenvalue weighted by atomic mass is 9.81. The second-order valence-corrected chi connectivity index (χ2v) is 7.47. The number of hydrogen-bond acceptors (Lipinski definition) is 4. The standard InChI is InChI=1S/C18H26N2O3/c1-12-2-5-16(23-12)8-20-7-14-11-22-10-13(17(14)9-20)6-18(21)19-15-3-4-15/h2,5,13-15,17H,3-4,6-11H2,1H3,(H,19,21)/t13-,14-,17+/m0/s1. The molecule has 5 heteroatoms. The quantitative estimate of drug-likeness (QED) is 0.901. The average Bonchev–Trinajstić information content (AvgIpc) is 3.06. The third-order valence-electron chi connectivity index (χ3n) is 5.40. The largest absolute Gasteiger partial charge is 0.465 e. The van der Waals surface area contributed by atoms with E-state index >= 15 is 0 Å². The van der Waals surface area contributed by atoms with E-state index in [2.05, 4.69) is 16.3 Å². The van der Waals surface area contributed by atoms with Crippen molar-refractivity contribution >= 4 is 5.91 Å². The molecule has 1 aliphatic carbocycles. The van der Waals surface area contributed by atoms with Crippen LogP contribution in [0.5, 0.6) is 0 Å². The maximum absolute atomic E-state index is 12.1. The summed E-state index contributed by atoms with van der Waals surface area (Å²) < 4.78 is 11.5. The first-order valence-electron chi connectivity index (χ1n) is 8.82. The van der Waals surface area contributed by atoms with Crippen LogP contribution < -0.4 is 5.32 Å². The Labute approximate surface area is 137 Å². The van der Waals surface area contributed by atoms with E-state index in [1.807, 2.05) is 13.0 Å². The molecular formula is C18H26N2O3. The van der Waals surface area contributed by atoms with Gasteiger partial charge in [0.1, 0.15) is 11.5 Å². The van der Waals surface area contributed by atoms with Crippen molar-refractivity contribution in [2.24, 2.45) is 17.8 Å². The molecule has 3 heterocycles. The Bertz CT molecular complexity index is 566. The van der Waals surface area contributed by atoms with E-state index in [4.69, 9.17) is 9.15 Å². The van der Waals surface area contributed by atoms with Gasteiger partial charge in [-0.3, -0.25) is 9.69 Å². The first kappa shape index (κ1) is 15.2. The van der Waals surface area contributed by atoms with Crippen LogP contribution in [0.4, 0.5) is 0 Å². The molecule has 4 rings (SSSR count). The van der Waals surface area contributed by atoms with Gasteiger partial charge in [-0.15, -0.1) is 0 Å². The number of rotatable bonds is 5. The number of carbonyl (C=O) groups is 1. The molecule has 1 amide bonds. The molecule has 0 bridgehead atoms. The van der Waals surface area contributed by atoms with Gasteiger partial charge in [0.2, 0.25) is 5.91 Å². The average molecular weight is 318 g/mol. The molecule has 0 radical (unpaired) electrons. The van der Waals surface area contributed by atoms with Gasteiger partial charge in [-0.25, -0.2) is 0 Å². The maximum Gasteiger partial charge on any atom is 0.220 e. The molecule has 1 aromatic heterocycles. The Kier molecular flexibility index (Phi) is 4.16. The number of ether oxygens (including phenoxy) is 1. The van der Waals surface area contributed by atoms with Crippen molar-refractivity contribution in [2.75, 3.05) is 26.3 Å². The Morgan fingerprint density at radius 3 is 2.91 bits per heavy atom. The summed E-state index contributed by atoms with van der Waals surface area (Å²) in [6.07, 6.45) is 2.91. The summed E-state index contributed by atoms with van der Waals surface area (Å²) in [7, 11) is 0. The number of likely N-dealkylation sites (tertiary alicyclic amines) is 1. The van der Waals surface area contributed by atoms with E-state index in [0.29, 0.717) is 30.2 Å². The highest BCUT2D eigenvalue weighted by molar-refractivity contribution is 5.76. The van der Waals surface area contributed by atoms with Gasteiger partial charge in [-0.1, -0.05) is 0 Å². The summed E-state index contributed by atoms with van der Waals surface area (Å²) in [6.45, 7) is 6.50. The SMILES string of the molecule is Cc1ccc(CN2C[C@H]3COC[C@H](CC(=O)NC4CC4)[C@H]3C2)o1. The van der Waals surface area contributed by atoms with E-state index in [9.17, 15) is 4.79 Å². The number of hydrogen-bond donors (Lipinski definition) is 1. The van der Waals surface area contributed by atoms with E-state index in [-0.39, 0.29) is 5.91 Å². The molecule has 126 valence electrons. The molecule has 3 aliphatic rings. The Balaban J connectivity index is 1.34. The molecule has 0 unspecified atom stereocenters. The van der Waals surface area contributed by atoms with Gasteiger partial charge < -0.3 is 14.5 Å². The predicted molar refractivity (Wildman–Crippen MR) is 85.8 cm³/mol. The molecule has 1 saturated carbocycles. The van der Waals surface area contributed by atoms with Crippen molar-refractivity contribution in [2.45, 2.75) is 38.8 Å². The first-order chi connectivity index (χ1) is 11.2. The van der Waals surface area contributed by atoms with Crippen LogP contribution in [0.15, 0.2) is 16.5 Å². The fourth-order valence-electron chi connectivity index (χ4n) is 4.08. The second-order valence-electron chi connectivity index (χ2n) is 7.47. The lowest BCUT2D eigenvalue weighted by Crippen LogP contribution is -2.38. The van der Waals surface area contributed by atoms with Gasteiger partial charge in [-0.2, -0.15) is 0 Å². The van der Waals surface area contributed by atoms with E-state index in [1.165, 1.54) is 0 Å². The number of amides is 1. The Hall–Kier alpha value is -1.33. The van der Waals surface area contributed by atoms with Crippen LogP contribution >= 0.6 is 0 Å². The molecule has 5 nitrogen and oxygen atoms in total. The molecule has 2 saturated heterocycles. The third-order valence-corrected chi connectivity index (χ3v) is 5.40. The molecule has 0 aromatic carbocycles. The minimum Gasteiger partial charge on any atom is -0.465 e. The zero-order valence-electron chi connectivity index (χ0n) is 13.8. The number of nitrogens with one attached hydrogen (secondary N) is 1. The van der Waals surface area contributed by atoms with E-state index in [1.54, 1.807) is 0 Å². The number of furan rings is 1. The Morgan fingerprint density at radius 2 is 2.17 bits per heavy atom. The van der Waals surface area contributed by atoms with Crippen molar-refractivity contribution in [1.82, 2.24) is 10.2 Å².